The van der Waals surface area contributed by atoms with Crippen molar-refractivity contribution in [1.82, 2.24) is 0 Å². The summed E-state index contributed by atoms with van der Waals surface area (Å²) in [6, 6.07) is 8.96. The number of unbranched alkanes of at least 4 members (excludes halogenated alkanes) is 15. The van der Waals surface area contributed by atoms with E-state index in [0.29, 0.717) is 24.1 Å². The van der Waals surface area contributed by atoms with Crippen LogP contribution in [-0.4, -0.2) is 58.6 Å². The molecule has 0 heterocycles. The maximum Gasteiger partial charge on any atom is 0.268 e. The molecule has 0 aliphatic heterocycles. The summed E-state index contributed by atoms with van der Waals surface area (Å²) in [6.07, 6.45) is 23.3. The van der Waals surface area contributed by atoms with Gasteiger partial charge in [-0.05, 0) is 66.0 Å². The zero-order valence-electron chi connectivity index (χ0n) is 25.9. The summed E-state index contributed by atoms with van der Waals surface area (Å²) >= 11 is 2.37. The van der Waals surface area contributed by atoms with Gasteiger partial charge < -0.3 is 23.2 Å². The monoisotopic (exact) mass is 695 g/mol. The van der Waals surface area contributed by atoms with E-state index in [9.17, 15) is 9.46 Å². The normalized spacial score (nSPS) is 13.5. The van der Waals surface area contributed by atoms with Crippen molar-refractivity contribution in [3.8, 4) is 0 Å². The Morgan fingerprint density at radius 3 is 1.55 bits per heavy atom. The second-order valence-electron chi connectivity index (χ2n) is 12.1. The van der Waals surface area contributed by atoms with Gasteiger partial charge in [-0.1, -0.05) is 102 Å². The highest BCUT2D eigenvalue weighted by Crippen LogP contribution is 2.38. The van der Waals surface area contributed by atoms with Crippen molar-refractivity contribution in [3.63, 3.8) is 0 Å². The summed E-state index contributed by atoms with van der Waals surface area (Å²) in [4.78, 5) is 11.7. The maximum atomic E-state index is 11.7. The van der Waals surface area contributed by atoms with Crippen LogP contribution in [0.2, 0.25) is 0 Å². The molecule has 0 aliphatic rings. The molecule has 8 heteroatoms. The number of ether oxygens (including phenoxy) is 1. The van der Waals surface area contributed by atoms with Gasteiger partial charge in [0, 0.05) is 16.8 Å². The summed E-state index contributed by atoms with van der Waals surface area (Å²) in [7, 11) is 1.75. The number of hydrogen-bond acceptors (Lipinski definition) is 5. The molecule has 0 fully saturated rings. The highest BCUT2D eigenvalue weighted by molar-refractivity contribution is 14.1. The fourth-order valence-electron chi connectivity index (χ4n) is 4.56. The Morgan fingerprint density at radius 1 is 0.625 bits per heavy atom. The number of hydrogen-bond donors (Lipinski definition) is 0. The lowest BCUT2D eigenvalue weighted by Crippen LogP contribution is -2.37. The van der Waals surface area contributed by atoms with Crippen LogP contribution >= 0.6 is 30.4 Å². The van der Waals surface area contributed by atoms with Crippen LogP contribution in [0, 0.1) is 3.57 Å². The molecule has 40 heavy (non-hydrogen) atoms. The predicted octanol–water partition coefficient (Wildman–Crippen LogP) is 8.69. The summed E-state index contributed by atoms with van der Waals surface area (Å²) in [5.74, 6) is 0. The number of phosphoric ester groups is 1. The van der Waals surface area contributed by atoms with Gasteiger partial charge in [-0.3, -0.25) is 4.57 Å². The van der Waals surface area contributed by atoms with Gasteiger partial charge in [-0.25, -0.2) is 0 Å². The first-order valence-corrected chi connectivity index (χ1v) is 18.4. The Morgan fingerprint density at radius 2 is 1.05 bits per heavy atom. The van der Waals surface area contributed by atoms with Crippen LogP contribution in [0.15, 0.2) is 24.3 Å². The van der Waals surface area contributed by atoms with E-state index in [-0.39, 0.29) is 13.2 Å². The SMILES string of the molecule is C[N+](C)(C)CCOP(=O)([O-])OCCCOCCCCCCCCCCCCCCCCCCc1ccc(I)cc1. The maximum absolute atomic E-state index is 11.7. The lowest BCUT2D eigenvalue weighted by atomic mass is 10.0. The largest absolute Gasteiger partial charge is 0.756 e. The summed E-state index contributed by atoms with van der Waals surface area (Å²) < 4.78 is 29.0. The van der Waals surface area contributed by atoms with Crippen LogP contribution in [0.5, 0.6) is 0 Å². The van der Waals surface area contributed by atoms with E-state index >= 15 is 0 Å². The quantitative estimate of drug-likeness (QED) is 0.0380. The standard InChI is InChI=1S/C32H59INO5P/c1-34(2,3)26-30-39-40(35,36)38-29-20-28-37-27-19-17-15-13-11-9-7-5-4-6-8-10-12-14-16-18-21-31-22-24-32(33)25-23-31/h22-25H,4-21,26-30H2,1-3H3. The average molecular weight is 696 g/mol. The molecule has 1 atom stereocenters. The molecule has 234 valence electrons. The van der Waals surface area contributed by atoms with E-state index in [4.69, 9.17) is 13.8 Å². The number of nitrogens with zero attached hydrogens (tertiary/aromatic N) is 1. The molecule has 0 N–H and O–H groups in total. The third kappa shape index (κ3) is 25.7. The first kappa shape index (κ1) is 38.0. The first-order valence-electron chi connectivity index (χ1n) is 15.9. The van der Waals surface area contributed by atoms with Gasteiger partial charge in [0.1, 0.15) is 13.2 Å². The van der Waals surface area contributed by atoms with E-state index in [1.54, 1.807) is 0 Å². The number of benzene rings is 1. The van der Waals surface area contributed by atoms with Gasteiger partial charge >= 0.3 is 0 Å². The molecule has 0 aliphatic carbocycles. The van der Waals surface area contributed by atoms with Crippen molar-refractivity contribution in [2.24, 2.45) is 0 Å². The summed E-state index contributed by atoms with van der Waals surface area (Å²) in [6.45, 7) is 2.11. The van der Waals surface area contributed by atoms with Gasteiger partial charge in [0.05, 0.1) is 27.7 Å². The number of likely N-dealkylation sites (N-methyl/N-ethyl adjacent to an activating group) is 1. The minimum absolute atomic E-state index is 0.111. The topological polar surface area (TPSA) is 67.8 Å². The highest BCUT2D eigenvalue weighted by atomic mass is 127. The third-order valence-electron chi connectivity index (χ3n) is 7.11. The molecule has 1 unspecified atom stereocenters. The first-order chi connectivity index (χ1) is 19.2. The molecule has 1 rings (SSSR count). The van der Waals surface area contributed by atoms with Crippen molar-refractivity contribution in [1.29, 1.82) is 0 Å². The molecule has 0 aromatic heterocycles. The Kier molecular flexibility index (Phi) is 23.2. The smallest absolute Gasteiger partial charge is 0.268 e. The molecule has 0 amide bonds. The third-order valence-corrected chi connectivity index (χ3v) is 8.83. The van der Waals surface area contributed by atoms with Crippen LogP contribution in [0.4, 0.5) is 0 Å². The Balaban J connectivity index is 1.72. The zero-order valence-corrected chi connectivity index (χ0v) is 28.9. The zero-order chi connectivity index (χ0) is 29.4. The molecule has 0 saturated carbocycles. The molecule has 1 aromatic rings. The van der Waals surface area contributed by atoms with Crippen molar-refractivity contribution >= 4 is 30.4 Å². The van der Waals surface area contributed by atoms with E-state index in [1.807, 2.05) is 21.1 Å². The minimum Gasteiger partial charge on any atom is -0.756 e. The van der Waals surface area contributed by atoms with Crippen LogP contribution in [0.3, 0.4) is 0 Å². The van der Waals surface area contributed by atoms with E-state index in [0.717, 1.165) is 13.0 Å². The summed E-state index contributed by atoms with van der Waals surface area (Å²) in [5, 5.41) is 0. The van der Waals surface area contributed by atoms with Gasteiger partial charge in [-0.15, -0.1) is 0 Å². The fourth-order valence-corrected chi connectivity index (χ4v) is 5.65. The van der Waals surface area contributed by atoms with Crippen LogP contribution in [0.25, 0.3) is 0 Å². The number of rotatable bonds is 28. The molecule has 0 bridgehead atoms. The number of phosphoric acid groups is 1. The van der Waals surface area contributed by atoms with Gasteiger partial charge in [0.2, 0.25) is 0 Å². The van der Waals surface area contributed by atoms with Crippen molar-refractivity contribution in [2.75, 3.05) is 54.1 Å². The van der Waals surface area contributed by atoms with Crippen LogP contribution in [-0.2, 0) is 24.8 Å². The van der Waals surface area contributed by atoms with Crippen molar-refractivity contribution in [3.05, 3.63) is 33.4 Å². The molecule has 0 spiro atoms. The van der Waals surface area contributed by atoms with Gasteiger partial charge in [0.15, 0.2) is 0 Å². The van der Waals surface area contributed by atoms with E-state index < -0.39 is 7.82 Å². The lowest BCUT2D eigenvalue weighted by molar-refractivity contribution is -0.870. The molecule has 1 aromatic carbocycles. The number of quaternary nitrogens is 1. The average Bonchev–Trinajstić information content (AvgIpc) is 2.89. The fraction of sp³-hybridized carbons (Fsp3) is 0.812. The Labute approximate surface area is 260 Å². The molecule has 0 saturated heterocycles. The van der Waals surface area contributed by atoms with Crippen LogP contribution in [0.1, 0.15) is 115 Å². The second-order valence-corrected chi connectivity index (χ2v) is 14.8. The summed E-state index contributed by atoms with van der Waals surface area (Å²) in [5.41, 5.74) is 1.48. The molecule has 6 nitrogen and oxygen atoms in total. The van der Waals surface area contributed by atoms with Gasteiger partial charge in [-0.2, -0.15) is 0 Å². The van der Waals surface area contributed by atoms with Crippen molar-refractivity contribution in [2.45, 2.75) is 116 Å². The predicted molar refractivity (Wildman–Crippen MR) is 175 cm³/mol. The van der Waals surface area contributed by atoms with Gasteiger partial charge in [0.25, 0.3) is 7.82 Å². The number of halogens is 1. The molecule has 0 radical (unpaired) electrons. The van der Waals surface area contributed by atoms with Crippen LogP contribution < -0.4 is 4.89 Å². The van der Waals surface area contributed by atoms with Crippen molar-refractivity contribution < 1.29 is 27.7 Å². The second kappa shape index (κ2) is 24.4. The minimum atomic E-state index is -4.20. The Hall–Kier alpha value is -0.0200. The highest BCUT2D eigenvalue weighted by Gasteiger charge is 2.13. The van der Waals surface area contributed by atoms with E-state index in [2.05, 4.69) is 46.9 Å². The van der Waals surface area contributed by atoms with E-state index in [1.165, 1.54) is 112 Å². The number of aryl methyl sites for hydroxylation is 1. The molecular weight excluding hydrogens is 636 g/mol. The molecular formula is C32H59INO5P. The lowest BCUT2D eigenvalue weighted by Gasteiger charge is -2.27. The Bertz CT molecular complexity index is 757.